The second-order valence-electron chi connectivity index (χ2n) is 3.47. The van der Waals surface area contributed by atoms with Crippen LogP contribution in [0.1, 0.15) is 19.8 Å². The van der Waals surface area contributed by atoms with Crippen molar-refractivity contribution in [3.8, 4) is 0 Å². The summed E-state index contributed by atoms with van der Waals surface area (Å²) in [6.45, 7) is 4.01. The number of likely N-dealkylation sites (tertiary alicyclic amines) is 1. The zero-order valence-electron chi connectivity index (χ0n) is 6.84. The maximum atomic E-state index is 11.5. The molecular weight excluding hydrogens is 140 g/mol. The fourth-order valence-corrected chi connectivity index (χ4v) is 1.65. The Morgan fingerprint density at radius 1 is 1.45 bits per heavy atom. The van der Waals surface area contributed by atoms with Gasteiger partial charge in [-0.1, -0.05) is 0 Å². The summed E-state index contributed by atoms with van der Waals surface area (Å²) in [6.07, 6.45) is 2.37. The number of nitrogens with one attached hydrogen (secondary N) is 1. The van der Waals surface area contributed by atoms with E-state index < -0.39 is 0 Å². The molecule has 0 aromatic rings. The summed E-state index contributed by atoms with van der Waals surface area (Å²) >= 11 is 0. The molecule has 2 heterocycles. The topological polar surface area (TPSA) is 42.3 Å². The summed E-state index contributed by atoms with van der Waals surface area (Å²) in [5.41, 5.74) is 0. The van der Waals surface area contributed by atoms with Gasteiger partial charge < -0.3 is 4.90 Å². The first-order valence-corrected chi connectivity index (χ1v) is 4.34. The lowest BCUT2D eigenvalue weighted by Gasteiger charge is -2.13. The van der Waals surface area contributed by atoms with E-state index in [-0.39, 0.29) is 6.04 Å². The Hall–Kier alpha value is -0.570. The molecule has 0 aromatic carbocycles. The van der Waals surface area contributed by atoms with Crippen LogP contribution in [0.5, 0.6) is 0 Å². The van der Waals surface area contributed by atoms with Gasteiger partial charge in [-0.15, -0.1) is 0 Å². The lowest BCUT2D eigenvalue weighted by atomic mass is 10.3. The fraction of sp³-hybridized carbons (Fsp3) is 0.875. The lowest BCUT2D eigenvalue weighted by molar-refractivity contribution is -0.129. The number of hydrogen-bond donors (Lipinski definition) is 1. The molecule has 1 N–H and O–H groups in total. The highest BCUT2D eigenvalue weighted by atomic mass is 16.2. The molecule has 2 saturated heterocycles. The van der Waals surface area contributed by atoms with E-state index in [2.05, 4.69) is 12.2 Å². The minimum absolute atomic E-state index is 0.146. The normalized spacial score (nSPS) is 35.9. The van der Waals surface area contributed by atoms with Crippen LogP contribution in [-0.2, 0) is 4.79 Å². The monoisotopic (exact) mass is 154 g/mol. The minimum atomic E-state index is 0.146. The SMILES string of the molecule is C[C@H]1N[C@@H]1C(=O)N1CCCC1. The van der Waals surface area contributed by atoms with Gasteiger partial charge in [0.15, 0.2) is 0 Å². The van der Waals surface area contributed by atoms with E-state index in [9.17, 15) is 4.79 Å². The van der Waals surface area contributed by atoms with Crippen LogP contribution >= 0.6 is 0 Å². The highest BCUT2D eigenvalue weighted by molar-refractivity contribution is 5.85. The molecule has 0 bridgehead atoms. The van der Waals surface area contributed by atoms with Crippen LogP contribution in [0, 0.1) is 0 Å². The number of hydrogen-bond acceptors (Lipinski definition) is 2. The highest BCUT2D eigenvalue weighted by Gasteiger charge is 2.41. The number of carbonyl (C=O) groups is 1. The average Bonchev–Trinajstić information content (AvgIpc) is 2.56. The summed E-state index contributed by atoms with van der Waals surface area (Å²) in [5.74, 6) is 0.315. The minimum Gasteiger partial charge on any atom is -0.341 e. The van der Waals surface area contributed by atoms with Gasteiger partial charge in [-0.2, -0.15) is 0 Å². The van der Waals surface area contributed by atoms with Gasteiger partial charge in [-0.05, 0) is 19.8 Å². The molecule has 2 aliphatic rings. The van der Waals surface area contributed by atoms with Crippen molar-refractivity contribution in [2.75, 3.05) is 13.1 Å². The van der Waals surface area contributed by atoms with E-state index in [4.69, 9.17) is 0 Å². The molecule has 2 aliphatic heterocycles. The molecule has 0 saturated carbocycles. The van der Waals surface area contributed by atoms with Crippen molar-refractivity contribution >= 4 is 5.91 Å². The predicted octanol–water partition coefficient (Wildman–Crippen LogP) is -0.0309. The molecule has 0 aromatic heterocycles. The first-order valence-electron chi connectivity index (χ1n) is 4.34. The summed E-state index contributed by atoms with van der Waals surface area (Å²) in [6, 6.07) is 0.566. The van der Waals surface area contributed by atoms with Crippen LogP contribution in [0.25, 0.3) is 0 Å². The molecule has 0 aliphatic carbocycles. The first kappa shape index (κ1) is 7.10. The Kier molecular flexibility index (Phi) is 1.60. The Morgan fingerprint density at radius 3 is 2.45 bits per heavy atom. The van der Waals surface area contributed by atoms with Crippen LogP contribution in [0.3, 0.4) is 0 Å². The largest absolute Gasteiger partial charge is 0.341 e. The zero-order valence-corrected chi connectivity index (χ0v) is 6.84. The van der Waals surface area contributed by atoms with E-state index in [0.29, 0.717) is 11.9 Å². The van der Waals surface area contributed by atoms with Crippen LogP contribution in [0.15, 0.2) is 0 Å². The van der Waals surface area contributed by atoms with Crippen molar-refractivity contribution in [2.45, 2.75) is 31.8 Å². The number of rotatable bonds is 1. The third-order valence-corrected chi connectivity index (χ3v) is 2.52. The van der Waals surface area contributed by atoms with Crippen LogP contribution in [-0.4, -0.2) is 36.0 Å². The Labute approximate surface area is 66.8 Å². The molecule has 2 atom stereocenters. The average molecular weight is 154 g/mol. The molecule has 3 nitrogen and oxygen atoms in total. The van der Waals surface area contributed by atoms with E-state index in [0.717, 1.165) is 13.1 Å². The van der Waals surface area contributed by atoms with Gasteiger partial charge in [0.1, 0.15) is 6.04 Å². The molecule has 0 spiro atoms. The van der Waals surface area contributed by atoms with Crippen molar-refractivity contribution in [3.05, 3.63) is 0 Å². The van der Waals surface area contributed by atoms with E-state index >= 15 is 0 Å². The highest BCUT2D eigenvalue weighted by Crippen LogP contribution is 2.16. The van der Waals surface area contributed by atoms with Crippen molar-refractivity contribution < 1.29 is 4.79 Å². The summed E-state index contributed by atoms with van der Waals surface area (Å²) in [4.78, 5) is 13.5. The molecule has 2 rings (SSSR count). The van der Waals surface area contributed by atoms with E-state index in [1.807, 2.05) is 4.90 Å². The summed E-state index contributed by atoms with van der Waals surface area (Å²) in [5, 5.41) is 3.12. The lowest BCUT2D eigenvalue weighted by Crippen LogP contribution is -2.33. The molecule has 2 fully saturated rings. The maximum Gasteiger partial charge on any atom is 0.241 e. The predicted molar refractivity (Wildman–Crippen MR) is 42.2 cm³/mol. The molecule has 62 valence electrons. The Bertz CT molecular complexity index is 175. The van der Waals surface area contributed by atoms with E-state index in [1.54, 1.807) is 0 Å². The summed E-state index contributed by atoms with van der Waals surface area (Å²) in [7, 11) is 0. The number of amides is 1. The molecule has 1 amide bonds. The van der Waals surface area contributed by atoms with E-state index in [1.165, 1.54) is 12.8 Å². The third-order valence-electron chi connectivity index (χ3n) is 2.52. The van der Waals surface area contributed by atoms with Gasteiger partial charge in [0.2, 0.25) is 5.91 Å². The van der Waals surface area contributed by atoms with Crippen LogP contribution < -0.4 is 5.32 Å². The van der Waals surface area contributed by atoms with Crippen LogP contribution in [0.2, 0.25) is 0 Å². The molecule has 0 unspecified atom stereocenters. The number of carbonyl (C=O) groups excluding carboxylic acids is 1. The maximum absolute atomic E-state index is 11.5. The van der Waals surface area contributed by atoms with Crippen molar-refractivity contribution in [1.82, 2.24) is 10.2 Å². The molecule has 11 heavy (non-hydrogen) atoms. The Balaban J connectivity index is 1.89. The molecule has 0 radical (unpaired) electrons. The molecule has 3 heteroatoms. The van der Waals surface area contributed by atoms with Crippen molar-refractivity contribution in [1.29, 1.82) is 0 Å². The smallest absolute Gasteiger partial charge is 0.241 e. The molecular formula is C8H14N2O. The second-order valence-corrected chi connectivity index (χ2v) is 3.47. The Morgan fingerprint density at radius 2 is 2.00 bits per heavy atom. The quantitative estimate of drug-likeness (QED) is 0.539. The van der Waals surface area contributed by atoms with Gasteiger partial charge >= 0.3 is 0 Å². The van der Waals surface area contributed by atoms with Crippen LogP contribution in [0.4, 0.5) is 0 Å². The van der Waals surface area contributed by atoms with Crippen molar-refractivity contribution in [2.24, 2.45) is 0 Å². The number of nitrogens with zero attached hydrogens (tertiary/aromatic N) is 1. The first-order chi connectivity index (χ1) is 5.29. The zero-order chi connectivity index (χ0) is 7.84. The standard InChI is InChI=1S/C8H14N2O/c1-6-7(9-6)8(11)10-4-2-3-5-10/h6-7,9H,2-5H2,1H3/t6-,7+/m1/s1. The second kappa shape index (κ2) is 2.48. The van der Waals surface area contributed by atoms with Gasteiger partial charge in [0, 0.05) is 19.1 Å². The summed E-state index contributed by atoms with van der Waals surface area (Å²) < 4.78 is 0. The van der Waals surface area contributed by atoms with Gasteiger partial charge in [-0.3, -0.25) is 10.1 Å². The van der Waals surface area contributed by atoms with Gasteiger partial charge in [0.05, 0.1) is 0 Å². The third kappa shape index (κ3) is 1.25. The van der Waals surface area contributed by atoms with Crippen molar-refractivity contribution in [3.63, 3.8) is 0 Å². The van der Waals surface area contributed by atoms with Gasteiger partial charge in [0.25, 0.3) is 0 Å². The van der Waals surface area contributed by atoms with Gasteiger partial charge in [-0.25, -0.2) is 0 Å². The fourth-order valence-electron chi connectivity index (χ4n) is 1.65.